The highest BCUT2D eigenvalue weighted by molar-refractivity contribution is 7.91. The fraction of sp³-hybridized carbons (Fsp3) is 0.391. The quantitative estimate of drug-likeness (QED) is 0.192. The van der Waals surface area contributed by atoms with Crippen molar-refractivity contribution in [1.29, 1.82) is 0 Å². The maximum Gasteiger partial charge on any atom is 0.466 e. The van der Waals surface area contributed by atoms with Crippen molar-refractivity contribution in [3.05, 3.63) is 59.2 Å². The maximum absolute atomic E-state index is 14.0. The fourth-order valence-electron chi connectivity index (χ4n) is 4.10. The molecule has 0 saturated carbocycles. The van der Waals surface area contributed by atoms with Gasteiger partial charge < -0.3 is 25.4 Å². The van der Waals surface area contributed by atoms with Crippen LogP contribution in [0.5, 0.6) is 0 Å². The Morgan fingerprint density at radius 3 is 2.26 bits per heavy atom. The van der Waals surface area contributed by atoms with Crippen molar-refractivity contribution in [2.24, 2.45) is 11.7 Å². The Morgan fingerprint density at radius 2 is 1.74 bits per heavy atom. The molecule has 0 aliphatic heterocycles. The molecule has 1 atom stereocenters. The number of halogens is 4. The van der Waals surface area contributed by atoms with Crippen LogP contribution in [0.3, 0.4) is 0 Å². The standard InChI is InChI=1S/C23H25F4N3O3S.H3O4P/c1-4-34(32,33)20-8-13-7-16(30-19(13)12-29-20)9-14(23(25,26)27)11-22(2,3)18-6-5-15(24)10-17(18)21(28)31;1-5(2,3)4/h5-8,10,12,14,30H,4,9,11H2,1-3H3,(H2,28,31);(H3,1,2,3,4)/t14-;/m0./s1. The average Bonchev–Trinajstić information content (AvgIpc) is 3.18. The van der Waals surface area contributed by atoms with E-state index in [0.717, 1.165) is 12.1 Å². The van der Waals surface area contributed by atoms with E-state index >= 15 is 0 Å². The lowest BCUT2D eigenvalue weighted by Crippen LogP contribution is -2.34. The third kappa shape index (κ3) is 9.11. The molecule has 0 radical (unpaired) electrons. The Morgan fingerprint density at radius 1 is 1.15 bits per heavy atom. The Hall–Kier alpha value is -2.84. The second-order valence-electron chi connectivity index (χ2n) is 9.41. The zero-order valence-corrected chi connectivity index (χ0v) is 22.7. The van der Waals surface area contributed by atoms with Crippen molar-refractivity contribution >= 4 is 34.5 Å². The van der Waals surface area contributed by atoms with E-state index in [9.17, 15) is 30.8 Å². The number of H-pyrrole nitrogens is 1. The highest BCUT2D eigenvalue weighted by Crippen LogP contribution is 2.41. The largest absolute Gasteiger partial charge is 0.466 e. The molecule has 1 aromatic carbocycles. The average molecular weight is 598 g/mol. The molecule has 0 aliphatic rings. The Labute approximate surface area is 221 Å². The summed E-state index contributed by atoms with van der Waals surface area (Å²) in [6.45, 7) is 4.56. The molecule has 39 heavy (non-hydrogen) atoms. The zero-order chi connectivity index (χ0) is 30.0. The van der Waals surface area contributed by atoms with E-state index in [0.29, 0.717) is 10.9 Å². The third-order valence-corrected chi connectivity index (χ3v) is 7.52. The molecule has 0 saturated heterocycles. The van der Waals surface area contributed by atoms with Crippen LogP contribution in [-0.4, -0.2) is 50.9 Å². The summed E-state index contributed by atoms with van der Waals surface area (Å²) < 4.78 is 88.8. The maximum atomic E-state index is 14.0. The highest BCUT2D eigenvalue weighted by atomic mass is 32.2. The van der Waals surface area contributed by atoms with E-state index in [4.69, 9.17) is 25.0 Å². The predicted molar refractivity (Wildman–Crippen MR) is 134 cm³/mol. The summed E-state index contributed by atoms with van der Waals surface area (Å²) in [5.74, 6) is -3.60. The molecule has 6 N–H and O–H groups in total. The second kappa shape index (κ2) is 11.7. The molecular weight excluding hydrogens is 569 g/mol. The summed E-state index contributed by atoms with van der Waals surface area (Å²) in [4.78, 5) is 40.1. The molecule has 0 aliphatic carbocycles. The van der Waals surface area contributed by atoms with Crippen LogP contribution in [0, 0.1) is 11.7 Å². The molecule has 1 amide bonds. The molecule has 0 bridgehead atoms. The molecule has 0 spiro atoms. The summed E-state index contributed by atoms with van der Waals surface area (Å²) in [5, 5.41) is 0.295. The number of aromatic amines is 1. The van der Waals surface area contributed by atoms with Gasteiger partial charge in [-0.3, -0.25) is 4.79 Å². The molecule has 3 aromatic rings. The zero-order valence-electron chi connectivity index (χ0n) is 21.0. The van der Waals surface area contributed by atoms with Crippen LogP contribution in [0.25, 0.3) is 10.9 Å². The molecular formula is C23H28F4N3O7PS. The Kier molecular flexibility index (Phi) is 9.73. The van der Waals surface area contributed by atoms with Crippen LogP contribution in [-0.2, 0) is 26.2 Å². The van der Waals surface area contributed by atoms with Crippen LogP contribution >= 0.6 is 7.82 Å². The topological polar surface area (TPSA) is 184 Å². The van der Waals surface area contributed by atoms with E-state index in [1.807, 2.05) is 0 Å². The third-order valence-electron chi connectivity index (χ3n) is 5.90. The van der Waals surface area contributed by atoms with Gasteiger partial charge in [0.25, 0.3) is 0 Å². The first-order valence-corrected chi connectivity index (χ1v) is 14.5. The lowest BCUT2D eigenvalue weighted by Gasteiger charge is -2.32. The number of pyridine rings is 1. The normalized spacial score (nSPS) is 13.6. The number of carbonyl (C=O) groups is 1. The van der Waals surface area contributed by atoms with Crippen molar-refractivity contribution in [3.8, 4) is 0 Å². The van der Waals surface area contributed by atoms with Gasteiger partial charge >= 0.3 is 14.0 Å². The van der Waals surface area contributed by atoms with Crippen molar-refractivity contribution in [2.45, 2.75) is 50.2 Å². The summed E-state index contributed by atoms with van der Waals surface area (Å²) >= 11 is 0. The van der Waals surface area contributed by atoms with Gasteiger partial charge in [0.1, 0.15) is 5.82 Å². The first-order chi connectivity index (χ1) is 17.6. The summed E-state index contributed by atoms with van der Waals surface area (Å²) in [6, 6.07) is 6.10. The number of phosphoric acid groups is 1. The number of hydrogen-bond donors (Lipinski definition) is 5. The fourth-order valence-corrected chi connectivity index (χ4v) is 4.92. The van der Waals surface area contributed by atoms with Gasteiger partial charge in [0, 0.05) is 16.6 Å². The molecule has 10 nitrogen and oxygen atoms in total. The molecule has 2 heterocycles. The monoisotopic (exact) mass is 597 g/mol. The highest BCUT2D eigenvalue weighted by Gasteiger charge is 2.43. The molecule has 0 fully saturated rings. The lowest BCUT2D eigenvalue weighted by molar-refractivity contribution is -0.179. The number of nitrogens with two attached hydrogens (primary N) is 1. The Bertz CT molecular complexity index is 1490. The molecule has 3 rings (SSSR count). The number of nitrogens with one attached hydrogen (secondary N) is 1. The number of rotatable bonds is 8. The van der Waals surface area contributed by atoms with Gasteiger partial charge in [-0.2, -0.15) is 13.2 Å². The number of amides is 1. The smallest absolute Gasteiger partial charge is 0.366 e. The van der Waals surface area contributed by atoms with Crippen LogP contribution in [0.4, 0.5) is 17.6 Å². The van der Waals surface area contributed by atoms with E-state index in [1.54, 1.807) is 13.8 Å². The number of hydrogen-bond acceptors (Lipinski definition) is 5. The predicted octanol–water partition coefficient (Wildman–Crippen LogP) is 3.75. The van der Waals surface area contributed by atoms with Crippen molar-refractivity contribution < 1.29 is 50.0 Å². The lowest BCUT2D eigenvalue weighted by atomic mass is 9.74. The summed E-state index contributed by atoms with van der Waals surface area (Å²) in [7, 11) is -8.20. The van der Waals surface area contributed by atoms with Gasteiger partial charge in [-0.1, -0.05) is 26.8 Å². The number of aromatic nitrogens is 2. The van der Waals surface area contributed by atoms with Gasteiger partial charge in [0.15, 0.2) is 14.9 Å². The van der Waals surface area contributed by atoms with Crippen LogP contribution in [0.15, 0.2) is 41.6 Å². The van der Waals surface area contributed by atoms with Gasteiger partial charge in [-0.05, 0) is 48.1 Å². The molecule has 0 unspecified atom stereocenters. The van der Waals surface area contributed by atoms with Gasteiger partial charge in [0.05, 0.1) is 23.4 Å². The number of benzene rings is 1. The Balaban J connectivity index is 0.000000976. The number of carbonyl (C=O) groups excluding carboxylic acids is 1. The summed E-state index contributed by atoms with van der Waals surface area (Å²) in [6.07, 6.45) is -4.10. The van der Waals surface area contributed by atoms with E-state index < -0.39 is 59.7 Å². The summed E-state index contributed by atoms with van der Waals surface area (Å²) in [5.41, 5.74) is 4.92. The van der Waals surface area contributed by atoms with E-state index in [-0.39, 0.29) is 27.6 Å². The number of sulfone groups is 1. The number of alkyl halides is 3. The van der Waals surface area contributed by atoms with Crippen molar-refractivity contribution in [1.82, 2.24) is 9.97 Å². The molecule has 216 valence electrons. The number of nitrogens with zero attached hydrogens (tertiary/aromatic N) is 1. The number of primary amides is 1. The minimum atomic E-state index is -4.64. The number of fused-ring (bicyclic) bond motifs is 1. The van der Waals surface area contributed by atoms with Crippen molar-refractivity contribution in [2.75, 3.05) is 5.75 Å². The first-order valence-electron chi connectivity index (χ1n) is 11.3. The van der Waals surface area contributed by atoms with Gasteiger partial charge in [0.2, 0.25) is 5.91 Å². The minimum absolute atomic E-state index is 0.142. The second-order valence-corrected chi connectivity index (χ2v) is 12.7. The minimum Gasteiger partial charge on any atom is -0.366 e. The SMILES string of the molecule is CCS(=O)(=O)c1cc2cc(C[C@@H](CC(C)(C)c3ccc(F)cc3C(N)=O)C(F)(F)F)[nH]c2cn1.O=P(O)(O)O. The molecule has 2 aromatic heterocycles. The van der Waals surface area contributed by atoms with Gasteiger partial charge in [-0.25, -0.2) is 22.4 Å². The van der Waals surface area contributed by atoms with Gasteiger partial charge in [-0.15, -0.1) is 0 Å². The van der Waals surface area contributed by atoms with E-state index in [2.05, 4.69) is 9.97 Å². The van der Waals surface area contributed by atoms with Crippen LogP contribution < -0.4 is 5.73 Å². The molecule has 16 heteroatoms. The first kappa shape index (κ1) is 32.4. The van der Waals surface area contributed by atoms with Crippen LogP contribution in [0.2, 0.25) is 0 Å². The van der Waals surface area contributed by atoms with E-state index in [1.165, 1.54) is 31.3 Å². The van der Waals surface area contributed by atoms with Crippen molar-refractivity contribution in [3.63, 3.8) is 0 Å². The van der Waals surface area contributed by atoms with Crippen LogP contribution in [0.1, 0.15) is 48.8 Å².